The van der Waals surface area contributed by atoms with E-state index in [0.717, 1.165) is 0 Å². The molecule has 0 fully saturated rings. The van der Waals surface area contributed by atoms with Crippen molar-refractivity contribution in [2.24, 2.45) is 0 Å². The van der Waals surface area contributed by atoms with Crippen molar-refractivity contribution in [1.82, 2.24) is 4.98 Å². The highest BCUT2D eigenvalue weighted by Gasteiger charge is 2.12. The molecule has 1 N–H and O–H groups in total. The van der Waals surface area contributed by atoms with E-state index in [1.54, 1.807) is 24.3 Å². The summed E-state index contributed by atoms with van der Waals surface area (Å²) in [7, 11) is -1.45. The first kappa shape index (κ1) is 15.0. The van der Waals surface area contributed by atoms with Crippen LogP contribution in [0.5, 0.6) is 0 Å². The lowest BCUT2D eigenvalue weighted by atomic mass is 10.3. The zero-order valence-corrected chi connectivity index (χ0v) is 12.4. The van der Waals surface area contributed by atoms with Crippen LogP contribution in [0.25, 0.3) is 0 Å². The van der Waals surface area contributed by atoms with Gasteiger partial charge in [-0.3, -0.25) is 4.21 Å². The molecule has 1 heterocycles. The number of halogens is 2. The lowest BCUT2D eigenvalue weighted by Crippen LogP contribution is -2.05. The summed E-state index contributed by atoms with van der Waals surface area (Å²) in [6, 6.07) is 9.25. The average molecular weight is 330 g/mol. The van der Waals surface area contributed by atoms with E-state index in [1.807, 2.05) is 0 Å². The average Bonchev–Trinajstić information content (AvgIpc) is 2.41. The van der Waals surface area contributed by atoms with Crippen LogP contribution in [0.2, 0.25) is 10.0 Å². The second-order valence-electron chi connectivity index (χ2n) is 3.88. The van der Waals surface area contributed by atoms with Crippen LogP contribution in [0.15, 0.2) is 41.3 Å². The van der Waals surface area contributed by atoms with E-state index in [-0.39, 0.29) is 11.4 Å². The molecule has 4 nitrogen and oxygen atoms in total. The number of carbonyl (C=O) groups is 1. The Balaban J connectivity index is 2.25. The van der Waals surface area contributed by atoms with Crippen molar-refractivity contribution in [3.63, 3.8) is 0 Å². The zero-order chi connectivity index (χ0) is 14.7. The molecule has 0 spiro atoms. The van der Waals surface area contributed by atoms with Gasteiger partial charge in [-0.05, 0) is 30.3 Å². The molecule has 2 rings (SSSR count). The van der Waals surface area contributed by atoms with Crippen LogP contribution in [0.4, 0.5) is 0 Å². The van der Waals surface area contributed by atoms with Crippen LogP contribution in [-0.2, 0) is 16.6 Å². The fraction of sp³-hybridized carbons (Fsp3) is 0.0769. The molecule has 0 aliphatic carbocycles. The molecular formula is C13H9Cl2NO3S. The molecular weight excluding hydrogens is 321 g/mol. The molecule has 0 bridgehead atoms. The van der Waals surface area contributed by atoms with E-state index in [9.17, 15) is 9.00 Å². The van der Waals surface area contributed by atoms with E-state index in [0.29, 0.717) is 20.6 Å². The van der Waals surface area contributed by atoms with Crippen LogP contribution in [0.1, 0.15) is 16.2 Å². The third-order valence-corrected chi connectivity index (χ3v) is 4.51. The van der Waals surface area contributed by atoms with Crippen molar-refractivity contribution in [3.05, 3.63) is 57.8 Å². The smallest absolute Gasteiger partial charge is 0.354 e. The molecule has 1 unspecified atom stereocenters. The Labute approximate surface area is 127 Å². The van der Waals surface area contributed by atoms with Gasteiger partial charge in [-0.1, -0.05) is 29.3 Å². The molecule has 0 saturated heterocycles. The van der Waals surface area contributed by atoms with E-state index in [4.69, 9.17) is 28.3 Å². The molecule has 20 heavy (non-hydrogen) atoms. The number of benzene rings is 1. The Bertz CT molecular complexity index is 691. The summed E-state index contributed by atoms with van der Waals surface area (Å²) in [5.74, 6) is -1.06. The molecule has 1 atom stereocenters. The van der Waals surface area contributed by atoms with Crippen molar-refractivity contribution in [3.8, 4) is 0 Å². The third kappa shape index (κ3) is 3.56. The Morgan fingerprint density at radius 1 is 1.25 bits per heavy atom. The van der Waals surface area contributed by atoms with Crippen molar-refractivity contribution in [2.75, 3.05) is 0 Å². The molecule has 1 aromatic carbocycles. The fourth-order valence-electron chi connectivity index (χ4n) is 1.54. The molecule has 0 amide bonds. The third-order valence-electron chi connectivity index (χ3n) is 2.44. The molecule has 2 aromatic rings. The summed E-state index contributed by atoms with van der Waals surface area (Å²) in [5, 5.41) is 9.65. The number of hydrogen-bond donors (Lipinski definition) is 1. The Kier molecular flexibility index (Phi) is 4.75. The Morgan fingerprint density at radius 3 is 2.70 bits per heavy atom. The summed E-state index contributed by atoms with van der Waals surface area (Å²) in [5.41, 5.74) is 0.330. The second-order valence-corrected chi connectivity index (χ2v) is 6.15. The topological polar surface area (TPSA) is 67.3 Å². The van der Waals surface area contributed by atoms with E-state index >= 15 is 0 Å². The van der Waals surface area contributed by atoms with Crippen LogP contribution in [0.3, 0.4) is 0 Å². The lowest BCUT2D eigenvalue weighted by Gasteiger charge is -2.05. The maximum atomic E-state index is 12.2. The minimum atomic E-state index is -1.45. The summed E-state index contributed by atoms with van der Waals surface area (Å²) in [4.78, 5) is 15.2. The van der Waals surface area contributed by atoms with Crippen molar-refractivity contribution < 1.29 is 14.1 Å². The quantitative estimate of drug-likeness (QED) is 0.933. The van der Waals surface area contributed by atoms with Gasteiger partial charge in [0.25, 0.3) is 0 Å². The molecule has 104 valence electrons. The molecule has 0 aliphatic rings. The zero-order valence-electron chi connectivity index (χ0n) is 10.0. The summed E-state index contributed by atoms with van der Waals surface area (Å²) in [6.07, 6.45) is 0. The lowest BCUT2D eigenvalue weighted by molar-refractivity contribution is 0.0690. The maximum absolute atomic E-state index is 12.2. The predicted octanol–water partition coefficient (Wildman–Crippen LogP) is 3.39. The molecule has 0 aliphatic heterocycles. The Hall–Kier alpha value is -1.43. The van der Waals surface area contributed by atoms with Crippen LogP contribution in [-0.4, -0.2) is 20.3 Å². The van der Waals surface area contributed by atoms with Gasteiger partial charge >= 0.3 is 5.97 Å². The van der Waals surface area contributed by atoms with Gasteiger partial charge in [0.05, 0.1) is 32.2 Å². The van der Waals surface area contributed by atoms with Gasteiger partial charge < -0.3 is 5.11 Å². The fourth-order valence-corrected chi connectivity index (χ4v) is 3.28. The molecule has 1 aromatic heterocycles. The Morgan fingerprint density at radius 2 is 2.00 bits per heavy atom. The number of pyridine rings is 1. The monoisotopic (exact) mass is 329 g/mol. The summed E-state index contributed by atoms with van der Waals surface area (Å²) in [6.45, 7) is 0. The van der Waals surface area contributed by atoms with Gasteiger partial charge in [0, 0.05) is 5.02 Å². The van der Waals surface area contributed by atoms with Gasteiger partial charge in [0.15, 0.2) is 0 Å². The van der Waals surface area contributed by atoms with Gasteiger partial charge in [-0.25, -0.2) is 9.78 Å². The highest BCUT2D eigenvalue weighted by Crippen LogP contribution is 2.25. The number of carboxylic acid groups (broad SMARTS) is 1. The van der Waals surface area contributed by atoms with Gasteiger partial charge in [-0.2, -0.15) is 0 Å². The minimum Gasteiger partial charge on any atom is -0.477 e. The van der Waals surface area contributed by atoms with Crippen molar-refractivity contribution in [1.29, 1.82) is 0 Å². The first-order chi connectivity index (χ1) is 9.47. The highest BCUT2D eigenvalue weighted by molar-refractivity contribution is 7.84. The number of rotatable bonds is 4. The van der Waals surface area contributed by atoms with Crippen molar-refractivity contribution >= 4 is 40.0 Å². The van der Waals surface area contributed by atoms with Crippen LogP contribution < -0.4 is 0 Å². The van der Waals surface area contributed by atoms with Gasteiger partial charge in [-0.15, -0.1) is 0 Å². The number of aromatic nitrogens is 1. The number of nitrogens with zero attached hydrogens (tertiary/aromatic N) is 1. The largest absolute Gasteiger partial charge is 0.477 e. The van der Waals surface area contributed by atoms with E-state index < -0.39 is 16.8 Å². The first-order valence-corrected chi connectivity index (χ1v) is 7.57. The highest BCUT2D eigenvalue weighted by atomic mass is 35.5. The number of carboxylic acids is 1. The SMILES string of the molecule is O=C(O)c1cccc(CS(=O)c2cc(Cl)ccc2Cl)n1. The summed E-state index contributed by atoms with van der Waals surface area (Å²) >= 11 is 11.8. The van der Waals surface area contributed by atoms with Crippen LogP contribution >= 0.6 is 23.2 Å². The maximum Gasteiger partial charge on any atom is 0.354 e. The predicted molar refractivity (Wildman–Crippen MR) is 77.8 cm³/mol. The number of hydrogen-bond acceptors (Lipinski definition) is 3. The first-order valence-electron chi connectivity index (χ1n) is 5.50. The molecule has 0 radical (unpaired) electrons. The number of aromatic carboxylic acids is 1. The van der Waals surface area contributed by atoms with Gasteiger partial charge in [0.2, 0.25) is 0 Å². The van der Waals surface area contributed by atoms with Crippen LogP contribution in [0, 0.1) is 0 Å². The van der Waals surface area contributed by atoms with Gasteiger partial charge in [0.1, 0.15) is 5.69 Å². The standard InChI is InChI=1S/C13H9Cl2NO3S/c14-8-4-5-10(15)12(6-8)20(19)7-9-2-1-3-11(16-9)13(17)18/h1-6H,7H2,(H,17,18). The molecule has 0 saturated carbocycles. The van der Waals surface area contributed by atoms with E-state index in [2.05, 4.69) is 4.98 Å². The minimum absolute atomic E-state index is 0.0706. The van der Waals surface area contributed by atoms with E-state index in [1.165, 1.54) is 12.1 Å². The summed E-state index contributed by atoms with van der Waals surface area (Å²) < 4.78 is 12.2. The normalized spacial score (nSPS) is 12.1. The molecule has 7 heteroatoms. The van der Waals surface area contributed by atoms with Crippen molar-refractivity contribution in [2.45, 2.75) is 10.6 Å². The second kappa shape index (κ2) is 6.35.